The lowest BCUT2D eigenvalue weighted by molar-refractivity contribution is -0.138. The van der Waals surface area contributed by atoms with Crippen LogP contribution in [0.5, 0.6) is 5.75 Å². The SMILES string of the molecule is NC(CCC(=C1C=CC(=O)C=C1)c1ccc(O)cc1)C(=O)O. The third-order valence-electron chi connectivity index (χ3n) is 3.44. The number of phenols is 1. The number of nitrogens with two attached hydrogens (primary N) is 1. The zero-order valence-corrected chi connectivity index (χ0v) is 11.9. The maximum absolute atomic E-state index is 11.2. The van der Waals surface area contributed by atoms with Gasteiger partial charge >= 0.3 is 5.97 Å². The molecule has 0 aromatic heterocycles. The van der Waals surface area contributed by atoms with Gasteiger partial charge in [0.1, 0.15) is 11.8 Å². The van der Waals surface area contributed by atoms with Gasteiger partial charge in [0.15, 0.2) is 5.78 Å². The van der Waals surface area contributed by atoms with E-state index in [1.165, 1.54) is 12.2 Å². The van der Waals surface area contributed by atoms with Crippen LogP contribution >= 0.6 is 0 Å². The van der Waals surface area contributed by atoms with Crippen molar-refractivity contribution in [2.24, 2.45) is 5.73 Å². The molecule has 1 atom stereocenters. The van der Waals surface area contributed by atoms with Gasteiger partial charge in [0.25, 0.3) is 0 Å². The van der Waals surface area contributed by atoms with E-state index in [0.717, 1.165) is 16.7 Å². The Morgan fingerprint density at radius 3 is 2.23 bits per heavy atom. The lowest BCUT2D eigenvalue weighted by Crippen LogP contribution is -2.29. The molecule has 2 rings (SSSR count). The van der Waals surface area contributed by atoms with Crippen LogP contribution in [0.25, 0.3) is 5.57 Å². The molecule has 0 radical (unpaired) electrons. The smallest absolute Gasteiger partial charge is 0.320 e. The molecule has 0 saturated heterocycles. The molecule has 1 aliphatic rings. The number of allylic oxidation sites excluding steroid dienone is 6. The first-order valence-corrected chi connectivity index (χ1v) is 6.88. The number of carbonyl (C=O) groups excluding carboxylic acids is 1. The van der Waals surface area contributed by atoms with E-state index in [9.17, 15) is 14.7 Å². The van der Waals surface area contributed by atoms with Crippen LogP contribution in [0.1, 0.15) is 18.4 Å². The van der Waals surface area contributed by atoms with Crippen molar-refractivity contribution in [2.45, 2.75) is 18.9 Å². The van der Waals surface area contributed by atoms with Crippen molar-refractivity contribution >= 4 is 17.3 Å². The number of rotatable bonds is 5. The minimum Gasteiger partial charge on any atom is -0.508 e. The number of aliphatic carboxylic acids is 1. The van der Waals surface area contributed by atoms with Crippen molar-refractivity contribution in [3.05, 3.63) is 59.7 Å². The standard InChI is InChI=1S/C17H17NO4/c18-16(17(21)22)10-9-15(11-1-5-13(19)6-2-11)12-3-7-14(20)8-4-12/h1-8,16,19H,9-10,18H2,(H,21,22). The molecule has 0 bridgehead atoms. The van der Waals surface area contributed by atoms with Crippen molar-refractivity contribution in [1.82, 2.24) is 0 Å². The van der Waals surface area contributed by atoms with Gasteiger partial charge in [0, 0.05) is 0 Å². The van der Waals surface area contributed by atoms with Gasteiger partial charge in [-0.3, -0.25) is 9.59 Å². The summed E-state index contributed by atoms with van der Waals surface area (Å²) >= 11 is 0. The quantitative estimate of drug-likeness (QED) is 0.772. The summed E-state index contributed by atoms with van der Waals surface area (Å²) in [6.45, 7) is 0. The number of ketones is 1. The predicted molar refractivity (Wildman–Crippen MR) is 83.2 cm³/mol. The molecule has 1 aromatic carbocycles. The lowest BCUT2D eigenvalue weighted by atomic mass is 9.92. The number of aromatic hydroxyl groups is 1. The molecule has 22 heavy (non-hydrogen) atoms. The van der Waals surface area contributed by atoms with Crippen LogP contribution in [-0.2, 0) is 9.59 Å². The monoisotopic (exact) mass is 299 g/mol. The van der Waals surface area contributed by atoms with Crippen molar-refractivity contribution in [3.8, 4) is 5.75 Å². The van der Waals surface area contributed by atoms with Crippen LogP contribution in [0.3, 0.4) is 0 Å². The van der Waals surface area contributed by atoms with E-state index in [4.69, 9.17) is 10.8 Å². The molecule has 0 fully saturated rings. The van der Waals surface area contributed by atoms with E-state index in [2.05, 4.69) is 0 Å². The summed E-state index contributed by atoms with van der Waals surface area (Å²) in [6, 6.07) is 5.69. The van der Waals surface area contributed by atoms with Gasteiger partial charge < -0.3 is 15.9 Å². The summed E-state index contributed by atoms with van der Waals surface area (Å²) in [5, 5.41) is 18.3. The van der Waals surface area contributed by atoms with Gasteiger partial charge in [-0.2, -0.15) is 0 Å². The molecule has 1 unspecified atom stereocenters. The fourth-order valence-corrected chi connectivity index (χ4v) is 2.20. The number of carboxylic acid groups (broad SMARTS) is 1. The molecule has 5 nitrogen and oxygen atoms in total. The molecule has 0 heterocycles. The van der Waals surface area contributed by atoms with Crippen LogP contribution in [-0.4, -0.2) is 28.0 Å². The van der Waals surface area contributed by atoms with E-state index in [1.807, 2.05) is 0 Å². The molecule has 0 amide bonds. The Balaban J connectivity index is 2.33. The molecule has 4 N–H and O–H groups in total. The van der Waals surface area contributed by atoms with E-state index in [0.29, 0.717) is 6.42 Å². The third-order valence-corrected chi connectivity index (χ3v) is 3.44. The van der Waals surface area contributed by atoms with Crippen LogP contribution in [0.4, 0.5) is 0 Å². The highest BCUT2D eigenvalue weighted by Gasteiger charge is 2.15. The Kier molecular flexibility index (Phi) is 4.91. The van der Waals surface area contributed by atoms with E-state index in [-0.39, 0.29) is 18.0 Å². The average Bonchev–Trinajstić information content (AvgIpc) is 2.50. The molecule has 1 aliphatic carbocycles. The Morgan fingerprint density at radius 2 is 1.68 bits per heavy atom. The summed E-state index contributed by atoms with van der Waals surface area (Å²) < 4.78 is 0. The zero-order valence-electron chi connectivity index (χ0n) is 11.9. The van der Waals surface area contributed by atoms with Gasteiger partial charge in [-0.15, -0.1) is 0 Å². The molecular weight excluding hydrogens is 282 g/mol. The number of benzene rings is 1. The molecule has 114 valence electrons. The molecule has 0 saturated carbocycles. The second kappa shape index (κ2) is 6.87. The van der Waals surface area contributed by atoms with Crippen molar-refractivity contribution in [2.75, 3.05) is 0 Å². The maximum atomic E-state index is 11.2. The van der Waals surface area contributed by atoms with E-state index in [1.54, 1.807) is 36.4 Å². The van der Waals surface area contributed by atoms with Crippen LogP contribution in [0.2, 0.25) is 0 Å². The highest BCUT2D eigenvalue weighted by Crippen LogP contribution is 2.28. The summed E-state index contributed by atoms with van der Waals surface area (Å²) in [4.78, 5) is 22.1. The summed E-state index contributed by atoms with van der Waals surface area (Å²) in [6.07, 6.45) is 7.08. The summed E-state index contributed by atoms with van der Waals surface area (Å²) in [5.74, 6) is -0.976. The first-order valence-electron chi connectivity index (χ1n) is 6.88. The first-order chi connectivity index (χ1) is 10.5. The van der Waals surface area contributed by atoms with Crippen LogP contribution in [0, 0.1) is 0 Å². The van der Waals surface area contributed by atoms with Gasteiger partial charge in [-0.25, -0.2) is 0 Å². The summed E-state index contributed by atoms with van der Waals surface area (Å²) in [7, 11) is 0. The fraction of sp³-hybridized carbons (Fsp3) is 0.176. The second-order valence-electron chi connectivity index (χ2n) is 5.03. The Labute approximate surface area is 128 Å². The molecular formula is C17H17NO4. The van der Waals surface area contributed by atoms with Crippen LogP contribution in [0.15, 0.2) is 54.1 Å². The van der Waals surface area contributed by atoms with Crippen molar-refractivity contribution in [3.63, 3.8) is 0 Å². The van der Waals surface area contributed by atoms with Crippen LogP contribution < -0.4 is 5.73 Å². The van der Waals surface area contributed by atoms with Crippen molar-refractivity contribution in [1.29, 1.82) is 0 Å². The van der Waals surface area contributed by atoms with E-state index >= 15 is 0 Å². The normalized spacial score (nSPS) is 15.0. The lowest BCUT2D eigenvalue weighted by Gasteiger charge is -2.14. The molecule has 0 spiro atoms. The summed E-state index contributed by atoms with van der Waals surface area (Å²) in [5.41, 5.74) is 8.14. The Hall–Kier alpha value is -2.66. The van der Waals surface area contributed by atoms with E-state index < -0.39 is 12.0 Å². The van der Waals surface area contributed by atoms with Crippen molar-refractivity contribution < 1.29 is 19.8 Å². The predicted octanol–water partition coefficient (Wildman–Crippen LogP) is 2.03. The highest BCUT2D eigenvalue weighted by molar-refractivity contribution is 6.02. The number of hydrogen-bond acceptors (Lipinski definition) is 4. The molecule has 1 aromatic rings. The maximum Gasteiger partial charge on any atom is 0.320 e. The minimum atomic E-state index is -1.04. The number of carboxylic acids is 1. The molecule has 0 aliphatic heterocycles. The molecule has 5 heteroatoms. The fourth-order valence-electron chi connectivity index (χ4n) is 2.20. The van der Waals surface area contributed by atoms with Gasteiger partial charge in [0.05, 0.1) is 0 Å². The van der Waals surface area contributed by atoms with Gasteiger partial charge in [0.2, 0.25) is 0 Å². The second-order valence-corrected chi connectivity index (χ2v) is 5.03. The Morgan fingerprint density at radius 1 is 1.09 bits per heavy atom. The Bertz CT molecular complexity index is 650. The first kappa shape index (κ1) is 15.7. The third kappa shape index (κ3) is 3.93. The number of phenolic OH excluding ortho intramolecular Hbond substituents is 1. The average molecular weight is 299 g/mol. The van der Waals surface area contributed by atoms with Gasteiger partial charge in [-0.1, -0.05) is 24.3 Å². The number of carbonyl (C=O) groups is 2. The topological polar surface area (TPSA) is 101 Å². The number of hydrogen-bond donors (Lipinski definition) is 3. The zero-order chi connectivity index (χ0) is 16.1. The minimum absolute atomic E-state index is 0.0870. The highest BCUT2D eigenvalue weighted by atomic mass is 16.4. The van der Waals surface area contributed by atoms with Gasteiger partial charge in [-0.05, 0) is 53.8 Å². The largest absolute Gasteiger partial charge is 0.508 e.